The highest BCUT2D eigenvalue weighted by atomic mass is 32.2. The van der Waals surface area contributed by atoms with Crippen LogP contribution in [0.4, 0.5) is 0 Å². The normalized spacial score (nSPS) is 21.4. The van der Waals surface area contributed by atoms with Crippen LogP contribution in [0.3, 0.4) is 0 Å². The third-order valence-corrected chi connectivity index (χ3v) is 6.40. The molecule has 7 nitrogen and oxygen atoms in total. The van der Waals surface area contributed by atoms with Crippen LogP contribution in [0.25, 0.3) is 0 Å². The maximum absolute atomic E-state index is 12.9. The number of β-lactam (4-membered cyclic amide) rings is 1. The molecule has 1 saturated heterocycles. The molecule has 162 valence electrons. The van der Waals surface area contributed by atoms with E-state index in [-0.39, 0.29) is 30.4 Å². The van der Waals surface area contributed by atoms with E-state index >= 15 is 0 Å². The molecule has 0 spiro atoms. The Bertz CT molecular complexity index is 839. The van der Waals surface area contributed by atoms with Gasteiger partial charge in [0.1, 0.15) is 18.4 Å². The largest absolute Gasteiger partial charge is 0.462 e. The number of nitrogens with zero attached hydrogens (tertiary/aromatic N) is 1. The molecule has 1 aromatic carbocycles. The second-order valence-electron chi connectivity index (χ2n) is 7.77. The van der Waals surface area contributed by atoms with Gasteiger partial charge in [0, 0.05) is 23.6 Å². The van der Waals surface area contributed by atoms with Crippen LogP contribution in [0, 0.1) is 11.8 Å². The summed E-state index contributed by atoms with van der Waals surface area (Å²) in [6, 6.07) is 9.19. The molecule has 0 radical (unpaired) electrons. The summed E-state index contributed by atoms with van der Waals surface area (Å²) in [7, 11) is 0. The lowest BCUT2D eigenvalue weighted by Gasteiger charge is -2.45. The molecule has 0 unspecified atom stereocenters. The Morgan fingerprint density at radius 1 is 1.23 bits per heavy atom. The first kappa shape index (κ1) is 22.4. The van der Waals surface area contributed by atoms with Crippen molar-refractivity contribution >= 4 is 29.6 Å². The minimum atomic E-state index is -0.547. The number of ether oxygens (including phenoxy) is 2. The lowest BCUT2D eigenvalue weighted by atomic mass is 9.83. The van der Waals surface area contributed by atoms with Crippen molar-refractivity contribution in [1.29, 1.82) is 0 Å². The Morgan fingerprint density at radius 3 is 2.57 bits per heavy atom. The Kier molecular flexibility index (Phi) is 7.20. The Hall–Kier alpha value is -2.32. The van der Waals surface area contributed by atoms with E-state index in [0.717, 1.165) is 10.5 Å². The smallest absolute Gasteiger partial charge is 0.356 e. The van der Waals surface area contributed by atoms with E-state index in [0.29, 0.717) is 24.4 Å². The number of benzene rings is 1. The van der Waals surface area contributed by atoms with Crippen molar-refractivity contribution < 1.29 is 23.9 Å². The third-order valence-electron chi connectivity index (χ3n) is 5.25. The molecule has 1 aromatic rings. The summed E-state index contributed by atoms with van der Waals surface area (Å²) in [6.45, 7) is 5.84. The van der Waals surface area contributed by atoms with Crippen molar-refractivity contribution in [2.24, 2.45) is 17.6 Å². The zero-order valence-corrected chi connectivity index (χ0v) is 18.3. The topological polar surface area (TPSA) is 98.9 Å². The summed E-state index contributed by atoms with van der Waals surface area (Å²) in [6.07, 6.45) is -0.00506. The fraction of sp³-hybridized carbons (Fsp3) is 0.500. The van der Waals surface area contributed by atoms with Crippen molar-refractivity contribution in [1.82, 2.24) is 4.90 Å². The van der Waals surface area contributed by atoms with E-state index in [2.05, 4.69) is 0 Å². The highest BCUT2D eigenvalue weighted by molar-refractivity contribution is 8.03. The van der Waals surface area contributed by atoms with E-state index < -0.39 is 18.0 Å². The van der Waals surface area contributed by atoms with Crippen molar-refractivity contribution in [3.05, 3.63) is 46.5 Å². The van der Waals surface area contributed by atoms with Crippen LogP contribution < -0.4 is 5.73 Å². The molecule has 2 N–H and O–H groups in total. The van der Waals surface area contributed by atoms with Gasteiger partial charge in [-0.25, -0.2) is 4.79 Å². The van der Waals surface area contributed by atoms with E-state index in [1.807, 2.05) is 30.3 Å². The standard InChI is InChI=1S/C22H28N2O5S/c1-13(2)21(26)29-14(3)18-16-11-17(30-10-9-23)19(24(16)20(18)25)22(27)28-12-15-7-5-4-6-8-15/h4-8,13-14,16,18H,9-12,23H2,1-3H3/t14-,16-,18-/m1/s1. The minimum Gasteiger partial charge on any atom is -0.462 e. The first-order valence-corrected chi connectivity index (χ1v) is 11.1. The van der Waals surface area contributed by atoms with Gasteiger partial charge in [-0.1, -0.05) is 44.2 Å². The van der Waals surface area contributed by atoms with Crippen molar-refractivity contribution in [3.63, 3.8) is 0 Å². The summed E-state index contributed by atoms with van der Waals surface area (Å²) >= 11 is 1.48. The van der Waals surface area contributed by atoms with Gasteiger partial charge in [-0.2, -0.15) is 0 Å². The third kappa shape index (κ3) is 4.54. The summed E-state index contributed by atoms with van der Waals surface area (Å²) in [5, 5.41) is 0. The lowest BCUT2D eigenvalue weighted by Crippen LogP contribution is -2.62. The molecule has 8 heteroatoms. The van der Waals surface area contributed by atoms with E-state index in [9.17, 15) is 14.4 Å². The van der Waals surface area contributed by atoms with Crippen LogP contribution >= 0.6 is 11.8 Å². The molecule has 2 aliphatic rings. The highest BCUT2D eigenvalue weighted by Gasteiger charge is 2.58. The zero-order valence-electron chi connectivity index (χ0n) is 17.5. The molecule has 2 aliphatic heterocycles. The molecule has 3 rings (SSSR count). The fourth-order valence-corrected chi connectivity index (χ4v) is 4.67. The second kappa shape index (κ2) is 9.66. The summed E-state index contributed by atoms with van der Waals surface area (Å²) < 4.78 is 11.0. The minimum absolute atomic E-state index is 0.135. The molecule has 3 atom stereocenters. The predicted molar refractivity (Wildman–Crippen MR) is 114 cm³/mol. The Morgan fingerprint density at radius 2 is 1.93 bits per heavy atom. The fourth-order valence-electron chi connectivity index (χ4n) is 3.70. The number of rotatable bonds is 9. The monoisotopic (exact) mass is 432 g/mol. The van der Waals surface area contributed by atoms with Crippen LogP contribution in [0.2, 0.25) is 0 Å². The summed E-state index contributed by atoms with van der Waals surface area (Å²) in [5.41, 5.74) is 6.81. The van der Waals surface area contributed by atoms with Crippen molar-refractivity contribution in [2.75, 3.05) is 12.3 Å². The maximum atomic E-state index is 12.9. The van der Waals surface area contributed by atoms with Gasteiger partial charge in [0.15, 0.2) is 0 Å². The number of nitrogens with two attached hydrogens (primary N) is 1. The number of fused-ring (bicyclic) bond motifs is 1. The van der Waals surface area contributed by atoms with Crippen LogP contribution in [0.15, 0.2) is 40.9 Å². The number of amides is 1. The first-order valence-electron chi connectivity index (χ1n) is 10.2. The van der Waals surface area contributed by atoms with Gasteiger partial charge < -0.3 is 20.1 Å². The molecule has 0 saturated carbocycles. The average Bonchev–Trinajstić information content (AvgIpc) is 3.05. The van der Waals surface area contributed by atoms with Gasteiger partial charge in [-0.15, -0.1) is 11.8 Å². The Balaban J connectivity index is 1.72. The molecule has 30 heavy (non-hydrogen) atoms. The number of carbonyl (C=O) groups is 3. The Labute approximate surface area is 181 Å². The zero-order chi connectivity index (χ0) is 21.8. The lowest BCUT2D eigenvalue weighted by molar-refractivity contribution is -0.172. The van der Waals surface area contributed by atoms with Gasteiger partial charge in [0.25, 0.3) is 0 Å². The summed E-state index contributed by atoms with van der Waals surface area (Å²) in [4.78, 5) is 40.0. The quantitative estimate of drug-likeness (QED) is 0.473. The predicted octanol–water partition coefficient (Wildman–Crippen LogP) is 2.45. The molecular formula is C22H28N2O5S. The molecule has 0 aliphatic carbocycles. The van der Waals surface area contributed by atoms with Crippen molar-refractivity contribution in [3.8, 4) is 0 Å². The molecule has 1 amide bonds. The molecule has 1 fully saturated rings. The number of hydrogen-bond donors (Lipinski definition) is 1. The molecule has 0 bridgehead atoms. The van der Waals surface area contributed by atoms with Crippen LogP contribution in [0.1, 0.15) is 32.8 Å². The van der Waals surface area contributed by atoms with E-state index in [1.165, 1.54) is 16.7 Å². The molecule has 0 aromatic heterocycles. The second-order valence-corrected chi connectivity index (χ2v) is 8.96. The van der Waals surface area contributed by atoms with Crippen molar-refractivity contribution in [2.45, 2.75) is 45.9 Å². The number of thioether (sulfide) groups is 1. The van der Waals surface area contributed by atoms with Gasteiger partial charge in [-0.3, -0.25) is 9.59 Å². The van der Waals surface area contributed by atoms with Gasteiger partial charge >= 0.3 is 11.9 Å². The van der Waals surface area contributed by atoms with Gasteiger partial charge in [0.2, 0.25) is 5.91 Å². The SMILES string of the molecule is CC(C)C(=O)O[C@H](C)[C@H]1C(=O)N2C(C(=O)OCc3ccccc3)=C(SCCN)C[C@H]12. The number of carbonyl (C=O) groups excluding carboxylic acids is 3. The maximum Gasteiger partial charge on any atom is 0.356 e. The van der Waals surface area contributed by atoms with Gasteiger partial charge in [0.05, 0.1) is 17.9 Å². The van der Waals surface area contributed by atoms with E-state index in [1.54, 1.807) is 20.8 Å². The number of hydrogen-bond acceptors (Lipinski definition) is 7. The van der Waals surface area contributed by atoms with Crippen LogP contribution in [0.5, 0.6) is 0 Å². The summed E-state index contributed by atoms with van der Waals surface area (Å²) in [5.74, 6) is -1.14. The van der Waals surface area contributed by atoms with Gasteiger partial charge in [-0.05, 0) is 12.5 Å². The van der Waals surface area contributed by atoms with E-state index in [4.69, 9.17) is 15.2 Å². The average molecular weight is 433 g/mol. The highest BCUT2D eigenvalue weighted by Crippen LogP contribution is 2.47. The number of esters is 2. The molecule has 2 heterocycles. The first-order chi connectivity index (χ1) is 14.3. The van der Waals surface area contributed by atoms with Crippen LogP contribution in [-0.4, -0.2) is 47.2 Å². The molecular weight excluding hydrogens is 404 g/mol. The van der Waals surface area contributed by atoms with Crippen LogP contribution in [-0.2, 0) is 30.5 Å².